The molecule has 0 N–H and O–H groups in total. The van der Waals surface area contributed by atoms with E-state index in [9.17, 15) is 0 Å². The number of furan rings is 1. The smallest absolute Gasteiger partial charge is 0.164 e. The van der Waals surface area contributed by atoms with Crippen LogP contribution in [-0.4, -0.2) is 24.9 Å². The van der Waals surface area contributed by atoms with Crippen molar-refractivity contribution < 1.29 is 4.42 Å². The van der Waals surface area contributed by atoms with Gasteiger partial charge >= 0.3 is 0 Å². The van der Waals surface area contributed by atoms with E-state index in [1.54, 1.807) is 0 Å². The van der Waals surface area contributed by atoms with E-state index in [0.29, 0.717) is 23.3 Å². The van der Waals surface area contributed by atoms with Crippen LogP contribution in [0.5, 0.6) is 0 Å². The normalized spacial score (nSPS) is 12.6. The first-order valence-electron chi connectivity index (χ1n) is 18.5. The Balaban J connectivity index is 1.09. The fraction of sp³-hybridized carbons (Fsp3) is 0.0408. The second-order valence-electron chi connectivity index (χ2n) is 13.6. The lowest BCUT2D eigenvalue weighted by Gasteiger charge is -2.13. The van der Waals surface area contributed by atoms with Crippen molar-refractivity contribution in [1.29, 1.82) is 0 Å². The predicted octanol–water partition coefficient (Wildman–Crippen LogP) is 12.3. The standard InChI is InChI=1S/C49H33N5O/c1-4-14-32(15-5-1)35-20-12-21-37(28-35)48-52-46(34-18-8-3-9-19-34)53-49(54-48)39-23-13-22-38(29-39)47-50-42(33-16-6-2-7-17-33)31-43(51-47)36-26-27-41-40-24-10-11-25-44(40)55-45(41)30-36/h1-6,8-16,18-31H,7,17H2. The Morgan fingerprint density at radius 2 is 0.945 bits per heavy atom. The first-order valence-corrected chi connectivity index (χ1v) is 18.5. The molecule has 0 atom stereocenters. The quantitative estimate of drug-likeness (QED) is 0.164. The van der Waals surface area contributed by atoms with E-state index in [4.69, 9.17) is 29.3 Å². The van der Waals surface area contributed by atoms with Crippen molar-refractivity contribution in [3.63, 3.8) is 0 Å². The van der Waals surface area contributed by atoms with Crippen LogP contribution in [-0.2, 0) is 0 Å². The molecule has 10 rings (SSSR count). The van der Waals surface area contributed by atoms with Gasteiger partial charge in [0.15, 0.2) is 23.3 Å². The van der Waals surface area contributed by atoms with Gasteiger partial charge in [-0.25, -0.2) is 24.9 Å². The lowest BCUT2D eigenvalue weighted by atomic mass is 9.99. The van der Waals surface area contributed by atoms with Crippen LogP contribution < -0.4 is 0 Å². The van der Waals surface area contributed by atoms with Gasteiger partial charge in [0.2, 0.25) is 0 Å². The summed E-state index contributed by atoms with van der Waals surface area (Å²) in [6, 6.07) is 53.5. The maximum atomic E-state index is 6.27. The number of nitrogens with zero attached hydrogens (tertiary/aromatic N) is 5. The highest BCUT2D eigenvalue weighted by molar-refractivity contribution is 6.05. The molecule has 3 aromatic heterocycles. The van der Waals surface area contributed by atoms with Gasteiger partial charge in [0, 0.05) is 38.6 Å². The second kappa shape index (κ2) is 13.9. The number of fused-ring (bicyclic) bond motifs is 3. The molecule has 1 aliphatic carbocycles. The van der Waals surface area contributed by atoms with Crippen molar-refractivity contribution >= 4 is 27.5 Å². The predicted molar refractivity (Wildman–Crippen MR) is 222 cm³/mol. The fourth-order valence-electron chi connectivity index (χ4n) is 7.21. The van der Waals surface area contributed by atoms with Gasteiger partial charge in [-0.3, -0.25) is 0 Å². The van der Waals surface area contributed by atoms with E-state index >= 15 is 0 Å². The Morgan fingerprint density at radius 1 is 0.382 bits per heavy atom. The number of benzene rings is 6. The maximum Gasteiger partial charge on any atom is 0.164 e. The molecule has 0 amide bonds. The summed E-state index contributed by atoms with van der Waals surface area (Å²) in [6.45, 7) is 0. The molecule has 6 nitrogen and oxygen atoms in total. The minimum Gasteiger partial charge on any atom is -0.456 e. The molecular formula is C49H33N5O. The maximum absolute atomic E-state index is 6.27. The third-order valence-electron chi connectivity index (χ3n) is 10.0. The number of hydrogen-bond acceptors (Lipinski definition) is 6. The number of hydrogen-bond donors (Lipinski definition) is 0. The Morgan fingerprint density at radius 3 is 1.65 bits per heavy atom. The summed E-state index contributed by atoms with van der Waals surface area (Å²) in [6.07, 6.45) is 8.34. The van der Waals surface area contributed by atoms with Gasteiger partial charge in [-0.1, -0.05) is 140 Å². The van der Waals surface area contributed by atoms with E-state index in [0.717, 1.165) is 85.1 Å². The molecule has 0 bridgehead atoms. The second-order valence-corrected chi connectivity index (χ2v) is 13.6. The molecule has 55 heavy (non-hydrogen) atoms. The van der Waals surface area contributed by atoms with E-state index in [-0.39, 0.29) is 0 Å². The summed E-state index contributed by atoms with van der Waals surface area (Å²) >= 11 is 0. The molecule has 9 aromatic rings. The number of rotatable bonds is 7. The Kier molecular flexibility index (Phi) is 8.18. The van der Waals surface area contributed by atoms with Crippen LogP contribution in [0.25, 0.3) is 95.4 Å². The van der Waals surface area contributed by atoms with Gasteiger partial charge in [0.05, 0.1) is 11.4 Å². The molecule has 0 spiro atoms. The van der Waals surface area contributed by atoms with Gasteiger partial charge < -0.3 is 4.42 Å². The SMILES string of the molecule is C1=CCCC(c2cc(-c3ccc4c(c3)oc3ccccc34)nc(-c3cccc(-c4nc(-c5ccccc5)nc(-c5cccc(-c6ccccc6)c5)n4)c3)n2)=C1. The highest BCUT2D eigenvalue weighted by Gasteiger charge is 2.17. The van der Waals surface area contributed by atoms with E-state index < -0.39 is 0 Å². The lowest BCUT2D eigenvalue weighted by Crippen LogP contribution is -2.01. The first-order chi connectivity index (χ1) is 27.2. The summed E-state index contributed by atoms with van der Waals surface area (Å²) in [7, 11) is 0. The third kappa shape index (κ3) is 6.40. The molecule has 0 aliphatic heterocycles. The number of allylic oxidation sites excluding steroid dienone is 4. The summed E-state index contributed by atoms with van der Waals surface area (Å²) in [5.41, 5.74) is 11.4. The van der Waals surface area contributed by atoms with Crippen molar-refractivity contribution in [3.8, 4) is 67.9 Å². The average Bonchev–Trinajstić information content (AvgIpc) is 3.65. The van der Waals surface area contributed by atoms with Gasteiger partial charge in [0.25, 0.3) is 0 Å². The third-order valence-corrected chi connectivity index (χ3v) is 10.0. The molecule has 6 heteroatoms. The van der Waals surface area contributed by atoms with Gasteiger partial charge in [-0.05, 0) is 65.9 Å². The van der Waals surface area contributed by atoms with Crippen molar-refractivity contribution in [2.45, 2.75) is 12.8 Å². The molecule has 6 aromatic carbocycles. The van der Waals surface area contributed by atoms with Crippen molar-refractivity contribution in [2.75, 3.05) is 0 Å². The first kappa shape index (κ1) is 32.3. The fourth-order valence-corrected chi connectivity index (χ4v) is 7.21. The zero-order valence-electron chi connectivity index (χ0n) is 29.8. The van der Waals surface area contributed by atoms with Crippen LogP contribution in [0.15, 0.2) is 180 Å². The van der Waals surface area contributed by atoms with Gasteiger partial charge in [0.1, 0.15) is 11.2 Å². The summed E-state index contributed by atoms with van der Waals surface area (Å²) in [5.74, 6) is 2.41. The number of para-hydroxylation sites is 1. The molecule has 1 aliphatic rings. The van der Waals surface area contributed by atoms with Crippen molar-refractivity contribution in [3.05, 3.63) is 182 Å². The highest BCUT2D eigenvalue weighted by atomic mass is 16.3. The van der Waals surface area contributed by atoms with Crippen LogP contribution in [0.1, 0.15) is 18.5 Å². The van der Waals surface area contributed by atoms with E-state index in [1.807, 2.05) is 84.9 Å². The molecule has 260 valence electrons. The highest BCUT2D eigenvalue weighted by Crippen LogP contribution is 2.35. The summed E-state index contributed by atoms with van der Waals surface area (Å²) in [5, 5.41) is 2.19. The van der Waals surface area contributed by atoms with Crippen LogP contribution >= 0.6 is 0 Å². The largest absolute Gasteiger partial charge is 0.456 e. The van der Waals surface area contributed by atoms with Gasteiger partial charge in [-0.15, -0.1) is 0 Å². The van der Waals surface area contributed by atoms with Crippen LogP contribution in [0.4, 0.5) is 0 Å². The lowest BCUT2D eigenvalue weighted by molar-refractivity contribution is 0.669. The Bertz CT molecular complexity index is 2930. The van der Waals surface area contributed by atoms with E-state index in [2.05, 4.69) is 91.0 Å². The Labute approximate surface area is 318 Å². The van der Waals surface area contributed by atoms with Crippen LogP contribution in [0, 0.1) is 0 Å². The van der Waals surface area contributed by atoms with Crippen molar-refractivity contribution in [2.24, 2.45) is 0 Å². The number of aromatic nitrogens is 5. The zero-order chi connectivity index (χ0) is 36.6. The van der Waals surface area contributed by atoms with Crippen LogP contribution in [0.3, 0.4) is 0 Å². The molecule has 0 saturated heterocycles. The molecule has 0 saturated carbocycles. The topological polar surface area (TPSA) is 77.6 Å². The average molecular weight is 708 g/mol. The van der Waals surface area contributed by atoms with Gasteiger partial charge in [-0.2, -0.15) is 0 Å². The monoisotopic (exact) mass is 707 g/mol. The molecule has 0 fully saturated rings. The van der Waals surface area contributed by atoms with Crippen LogP contribution in [0.2, 0.25) is 0 Å². The molecule has 0 radical (unpaired) electrons. The Hall–Kier alpha value is -7.31. The van der Waals surface area contributed by atoms with Crippen molar-refractivity contribution in [1.82, 2.24) is 24.9 Å². The molecular weight excluding hydrogens is 675 g/mol. The minimum absolute atomic E-state index is 0.572. The molecule has 3 heterocycles. The zero-order valence-corrected chi connectivity index (χ0v) is 29.8. The minimum atomic E-state index is 0.572. The summed E-state index contributed by atoms with van der Waals surface area (Å²) in [4.78, 5) is 25.4. The van der Waals surface area contributed by atoms with E-state index in [1.165, 1.54) is 5.57 Å². The summed E-state index contributed by atoms with van der Waals surface area (Å²) < 4.78 is 6.27. The molecule has 0 unspecified atom stereocenters.